The van der Waals surface area contributed by atoms with Crippen LogP contribution in [0.15, 0.2) is 86.1 Å². The van der Waals surface area contributed by atoms with E-state index >= 15 is 0 Å². The lowest BCUT2D eigenvalue weighted by atomic mass is 10.00. The van der Waals surface area contributed by atoms with Gasteiger partial charge in [0.25, 0.3) is 11.5 Å². The van der Waals surface area contributed by atoms with Crippen LogP contribution in [-0.2, 0) is 4.79 Å². The van der Waals surface area contributed by atoms with Crippen LogP contribution in [0.5, 0.6) is 0 Å². The summed E-state index contributed by atoms with van der Waals surface area (Å²) >= 11 is 1.31. The number of nitrogens with zero attached hydrogens (tertiary/aromatic N) is 3. The second-order valence-corrected chi connectivity index (χ2v) is 10.3. The average molecular weight is 513 g/mol. The van der Waals surface area contributed by atoms with Gasteiger partial charge in [0.15, 0.2) is 4.80 Å². The van der Waals surface area contributed by atoms with E-state index < -0.39 is 6.04 Å². The van der Waals surface area contributed by atoms with Crippen LogP contribution in [-0.4, -0.2) is 24.6 Å². The van der Waals surface area contributed by atoms with Crippen molar-refractivity contribution in [2.24, 2.45) is 4.99 Å². The highest BCUT2D eigenvalue weighted by molar-refractivity contribution is 7.07. The quantitative estimate of drug-likeness (QED) is 0.436. The molecule has 4 aromatic rings. The number of thiazole rings is 1. The van der Waals surface area contributed by atoms with E-state index in [9.17, 15) is 9.59 Å². The summed E-state index contributed by atoms with van der Waals surface area (Å²) < 4.78 is 8.09. The summed E-state index contributed by atoms with van der Waals surface area (Å²) in [7, 11) is 3.97. The fraction of sp³-hybridized carbons (Fsp3) is 0.207. The molecule has 3 heterocycles. The number of carbonyl (C=O) groups is 1. The third kappa shape index (κ3) is 4.68. The Balaban J connectivity index is 1.63. The molecule has 0 spiro atoms. The lowest BCUT2D eigenvalue weighted by molar-refractivity contribution is -0.113. The van der Waals surface area contributed by atoms with Crippen LogP contribution in [0.25, 0.3) is 6.08 Å². The van der Waals surface area contributed by atoms with E-state index in [0.717, 1.165) is 16.8 Å². The van der Waals surface area contributed by atoms with E-state index in [0.29, 0.717) is 37.8 Å². The Labute approximate surface area is 218 Å². The van der Waals surface area contributed by atoms with Crippen LogP contribution >= 0.6 is 11.3 Å². The summed E-state index contributed by atoms with van der Waals surface area (Å²) in [6.07, 6.45) is 1.86. The van der Waals surface area contributed by atoms with Gasteiger partial charge in [-0.15, -0.1) is 0 Å². The maximum absolute atomic E-state index is 13.7. The fourth-order valence-electron chi connectivity index (χ4n) is 4.40. The maximum atomic E-state index is 13.7. The molecule has 2 aromatic heterocycles. The summed E-state index contributed by atoms with van der Waals surface area (Å²) in [5.74, 6) is 0.902. The zero-order chi connectivity index (χ0) is 26.3. The topological polar surface area (TPSA) is 79.8 Å². The van der Waals surface area contributed by atoms with E-state index in [2.05, 4.69) is 10.3 Å². The van der Waals surface area contributed by atoms with Gasteiger partial charge in [-0.2, -0.15) is 0 Å². The van der Waals surface area contributed by atoms with E-state index in [1.807, 2.05) is 99.6 Å². The number of aromatic nitrogens is 1. The first kappa shape index (κ1) is 24.5. The molecule has 0 bridgehead atoms. The standard InChI is InChI=1S/C29H28N4O3S/c1-17-8-6-7-9-22(17)31-27(34)25-19(3)30-29-33(26(25)23-15-10-18(2)36-23)28(35)24(37-29)16-20-11-13-21(14-12-20)32(4)5/h6-16,26H,1-5H3,(H,31,34)/b24-16+. The molecule has 0 saturated heterocycles. The molecule has 7 nitrogen and oxygen atoms in total. The molecule has 0 radical (unpaired) electrons. The number of nitrogens with one attached hydrogen (secondary N) is 1. The van der Waals surface area contributed by atoms with E-state index in [1.54, 1.807) is 11.5 Å². The summed E-state index contributed by atoms with van der Waals surface area (Å²) in [4.78, 5) is 34.6. The second-order valence-electron chi connectivity index (χ2n) is 9.29. The Kier molecular flexibility index (Phi) is 6.43. The van der Waals surface area contributed by atoms with Crippen LogP contribution in [0.1, 0.15) is 35.6 Å². The van der Waals surface area contributed by atoms with Crippen LogP contribution in [0, 0.1) is 13.8 Å². The predicted octanol–water partition coefficient (Wildman–Crippen LogP) is 4.15. The summed E-state index contributed by atoms with van der Waals surface area (Å²) in [6.45, 7) is 5.57. The van der Waals surface area contributed by atoms with Crippen molar-refractivity contribution in [2.45, 2.75) is 26.8 Å². The lowest BCUT2D eigenvalue weighted by Crippen LogP contribution is -2.40. The molecule has 1 aliphatic heterocycles. The van der Waals surface area contributed by atoms with Gasteiger partial charge in [0, 0.05) is 25.5 Å². The number of fused-ring (bicyclic) bond motifs is 1. The molecule has 1 unspecified atom stereocenters. The average Bonchev–Trinajstić information content (AvgIpc) is 3.42. The zero-order valence-electron chi connectivity index (χ0n) is 21.4. The number of hydrogen-bond acceptors (Lipinski definition) is 6. The third-order valence-corrected chi connectivity index (χ3v) is 7.38. The molecular formula is C29H28N4O3S. The van der Waals surface area contributed by atoms with Crippen LogP contribution in [0.4, 0.5) is 11.4 Å². The zero-order valence-corrected chi connectivity index (χ0v) is 22.2. The molecule has 2 aromatic carbocycles. The van der Waals surface area contributed by atoms with Crippen molar-refractivity contribution in [1.29, 1.82) is 0 Å². The molecule has 5 rings (SSSR count). The van der Waals surface area contributed by atoms with Crippen molar-refractivity contribution < 1.29 is 9.21 Å². The molecule has 0 aliphatic carbocycles. The highest BCUT2D eigenvalue weighted by atomic mass is 32.1. The van der Waals surface area contributed by atoms with Gasteiger partial charge in [0.05, 0.1) is 15.8 Å². The number of rotatable bonds is 5. The Morgan fingerprint density at radius 1 is 1.05 bits per heavy atom. The number of furan rings is 1. The van der Waals surface area contributed by atoms with Crippen molar-refractivity contribution in [3.63, 3.8) is 0 Å². The van der Waals surface area contributed by atoms with Crippen molar-refractivity contribution in [2.75, 3.05) is 24.3 Å². The van der Waals surface area contributed by atoms with Gasteiger partial charge in [0.1, 0.15) is 17.6 Å². The number of carbonyl (C=O) groups excluding carboxylic acids is 1. The number of hydrogen-bond donors (Lipinski definition) is 1. The molecule has 1 atom stereocenters. The van der Waals surface area contributed by atoms with Gasteiger partial charge < -0.3 is 14.6 Å². The normalized spacial score (nSPS) is 15.4. The SMILES string of the molecule is CC1=C(C(=O)Nc2ccccc2C)C(c2ccc(C)o2)n2c(s/c(=C/c3ccc(N(C)C)cc3)c2=O)=N1. The number of para-hydroxylation sites is 1. The first-order valence-corrected chi connectivity index (χ1v) is 12.8. The third-order valence-electron chi connectivity index (χ3n) is 6.40. The number of benzene rings is 2. The van der Waals surface area contributed by atoms with Gasteiger partial charge in [-0.05, 0) is 68.3 Å². The van der Waals surface area contributed by atoms with Crippen LogP contribution in [0.3, 0.4) is 0 Å². The predicted molar refractivity (Wildman–Crippen MR) is 148 cm³/mol. The number of anilines is 2. The molecule has 0 fully saturated rings. The number of amides is 1. The Morgan fingerprint density at radius 3 is 2.43 bits per heavy atom. The maximum Gasteiger partial charge on any atom is 0.271 e. The Bertz CT molecular complexity index is 1700. The molecule has 0 saturated carbocycles. The molecule has 37 heavy (non-hydrogen) atoms. The summed E-state index contributed by atoms with van der Waals surface area (Å²) in [5.41, 5.74) is 4.35. The molecular weight excluding hydrogens is 484 g/mol. The van der Waals surface area contributed by atoms with Crippen LogP contribution in [0.2, 0.25) is 0 Å². The molecule has 1 aliphatic rings. The van der Waals surface area contributed by atoms with Crippen molar-refractivity contribution >= 4 is 34.7 Å². The van der Waals surface area contributed by atoms with Gasteiger partial charge in [-0.25, -0.2) is 4.99 Å². The van der Waals surface area contributed by atoms with Gasteiger partial charge in [0.2, 0.25) is 0 Å². The first-order valence-electron chi connectivity index (χ1n) is 12.0. The molecule has 188 valence electrons. The number of aryl methyl sites for hydroxylation is 2. The van der Waals surface area contributed by atoms with Gasteiger partial charge >= 0.3 is 0 Å². The van der Waals surface area contributed by atoms with Crippen LogP contribution < -0.4 is 25.1 Å². The highest BCUT2D eigenvalue weighted by Gasteiger charge is 2.34. The Morgan fingerprint density at radius 2 is 1.78 bits per heavy atom. The van der Waals surface area contributed by atoms with E-state index in [-0.39, 0.29) is 11.5 Å². The van der Waals surface area contributed by atoms with Gasteiger partial charge in [-0.3, -0.25) is 14.2 Å². The smallest absolute Gasteiger partial charge is 0.271 e. The Hall–Kier alpha value is -4.17. The van der Waals surface area contributed by atoms with Crippen molar-refractivity contribution in [1.82, 2.24) is 4.57 Å². The molecule has 8 heteroatoms. The van der Waals surface area contributed by atoms with Gasteiger partial charge in [-0.1, -0.05) is 41.7 Å². The monoisotopic (exact) mass is 512 g/mol. The minimum absolute atomic E-state index is 0.215. The van der Waals surface area contributed by atoms with Crippen molar-refractivity contribution in [3.8, 4) is 0 Å². The second kappa shape index (κ2) is 9.71. The summed E-state index contributed by atoms with van der Waals surface area (Å²) in [6, 6.07) is 18.5. The lowest BCUT2D eigenvalue weighted by Gasteiger charge is -2.23. The first-order chi connectivity index (χ1) is 17.7. The van der Waals surface area contributed by atoms with E-state index in [1.165, 1.54) is 11.3 Å². The largest absolute Gasteiger partial charge is 0.464 e. The van der Waals surface area contributed by atoms with Crippen molar-refractivity contribution in [3.05, 3.63) is 114 Å². The summed E-state index contributed by atoms with van der Waals surface area (Å²) in [5, 5.41) is 3.01. The highest BCUT2D eigenvalue weighted by Crippen LogP contribution is 2.32. The minimum atomic E-state index is -0.729. The minimum Gasteiger partial charge on any atom is -0.464 e. The molecule has 1 amide bonds. The number of allylic oxidation sites excluding steroid dienone is 1. The fourth-order valence-corrected chi connectivity index (χ4v) is 5.45. The van der Waals surface area contributed by atoms with E-state index in [4.69, 9.17) is 4.42 Å². The molecule has 1 N–H and O–H groups in total.